The number of rotatable bonds is 10. The van der Waals surface area contributed by atoms with Crippen molar-refractivity contribution in [1.82, 2.24) is 16.0 Å². The Kier molecular flexibility index (Phi) is 10.4. The summed E-state index contributed by atoms with van der Waals surface area (Å²) >= 11 is 0. The van der Waals surface area contributed by atoms with E-state index in [0.29, 0.717) is 18.4 Å². The predicted molar refractivity (Wildman–Crippen MR) is 87.0 cm³/mol. The van der Waals surface area contributed by atoms with Crippen molar-refractivity contribution in [2.75, 3.05) is 52.6 Å². The van der Waals surface area contributed by atoms with Gasteiger partial charge in [0.15, 0.2) is 5.96 Å². The first-order valence-electron chi connectivity index (χ1n) is 8.20. The van der Waals surface area contributed by atoms with Crippen molar-refractivity contribution in [2.45, 2.75) is 26.7 Å². The standard InChI is InChI=1S/C15H30N4O3/c1-3-16-14(20)10-19-15(17-4-2)18-7-5-8-21-11-13-6-9-22-12-13/h13H,3-12H2,1-2H3,(H,16,20)(H2,17,18,19). The second-order valence-corrected chi connectivity index (χ2v) is 5.23. The van der Waals surface area contributed by atoms with Crippen LogP contribution in [0.25, 0.3) is 0 Å². The summed E-state index contributed by atoms with van der Waals surface area (Å²) in [6.45, 7) is 9.38. The predicted octanol–water partition coefficient (Wildman–Crippen LogP) is 0.121. The van der Waals surface area contributed by atoms with E-state index in [2.05, 4.69) is 20.9 Å². The number of ether oxygens (including phenoxy) is 2. The average Bonchev–Trinajstić information content (AvgIpc) is 3.01. The normalized spacial score (nSPS) is 18.3. The van der Waals surface area contributed by atoms with Crippen LogP contribution in [0.15, 0.2) is 4.99 Å². The Morgan fingerprint density at radius 3 is 2.77 bits per heavy atom. The molecule has 0 aliphatic carbocycles. The lowest BCUT2D eigenvalue weighted by Gasteiger charge is -2.12. The van der Waals surface area contributed by atoms with Gasteiger partial charge in [0.25, 0.3) is 0 Å². The van der Waals surface area contributed by atoms with Crippen LogP contribution < -0.4 is 16.0 Å². The number of hydrogen-bond acceptors (Lipinski definition) is 4. The molecular formula is C15H30N4O3. The molecule has 1 amide bonds. The van der Waals surface area contributed by atoms with Gasteiger partial charge in [-0.25, -0.2) is 4.99 Å². The zero-order valence-corrected chi connectivity index (χ0v) is 13.8. The molecule has 0 bridgehead atoms. The lowest BCUT2D eigenvalue weighted by Crippen LogP contribution is -2.39. The SMILES string of the molecule is CCNC(=O)CN=C(NCC)NCCCOCC1CCOC1. The number of guanidine groups is 1. The van der Waals surface area contributed by atoms with Crippen molar-refractivity contribution in [3.05, 3.63) is 0 Å². The molecule has 0 spiro atoms. The second kappa shape index (κ2) is 12.2. The van der Waals surface area contributed by atoms with Gasteiger partial charge in [-0.1, -0.05) is 0 Å². The van der Waals surface area contributed by atoms with Crippen molar-refractivity contribution < 1.29 is 14.3 Å². The minimum absolute atomic E-state index is 0.0678. The Morgan fingerprint density at radius 1 is 1.27 bits per heavy atom. The zero-order valence-electron chi connectivity index (χ0n) is 13.8. The van der Waals surface area contributed by atoms with Gasteiger partial charge in [0.2, 0.25) is 5.91 Å². The van der Waals surface area contributed by atoms with E-state index < -0.39 is 0 Å². The van der Waals surface area contributed by atoms with E-state index >= 15 is 0 Å². The largest absolute Gasteiger partial charge is 0.381 e. The Hall–Kier alpha value is -1.34. The molecule has 1 saturated heterocycles. The van der Waals surface area contributed by atoms with Gasteiger partial charge in [-0.15, -0.1) is 0 Å². The van der Waals surface area contributed by atoms with Crippen LogP contribution in [0.3, 0.4) is 0 Å². The van der Waals surface area contributed by atoms with Gasteiger partial charge >= 0.3 is 0 Å². The van der Waals surface area contributed by atoms with E-state index in [4.69, 9.17) is 9.47 Å². The van der Waals surface area contributed by atoms with E-state index in [9.17, 15) is 4.79 Å². The van der Waals surface area contributed by atoms with Gasteiger partial charge in [-0.3, -0.25) is 4.79 Å². The van der Waals surface area contributed by atoms with Crippen molar-refractivity contribution in [3.8, 4) is 0 Å². The van der Waals surface area contributed by atoms with E-state index in [0.717, 1.165) is 52.4 Å². The number of hydrogen-bond donors (Lipinski definition) is 3. The van der Waals surface area contributed by atoms with Gasteiger partial charge in [-0.05, 0) is 26.7 Å². The number of nitrogens with one attached hydrogen (secondary N) is 3. The molecule has 1 aliphatic heterocycles. The Labute approximate surface area is 133 Å². The highest BCUT2D eigenvalue weighted by Crippen LogP contribution is 2.12. The first-order valence-corrected chi connectivity index (χ1v) is 8.20. The summed E-state index contributed by atoms with van der Waals surface area (Å²) in [5.41, 5.74) is 0. The van der Waals surface area contributed by atoms with Gasteiger partial charge in [0.05, 0.1) is 13.2 Å². The van der Waals surface area contributed by atoms with Crippen LogP contribution in [0.4, 0.5) is 0 Å². The first-order chi connectivity index (χ1) is 10.8. The molecule has 1 aliphatic rings. The summed E-state index contributed by atoms with van der Waals surface area (Å²) in [4.78, 5) is 15.6. The molecule has 0 aromatic heterocycles. The van der Waals surface area contributed by atoms with Crippen molar-refractivity contribution in [3.63, 3.8) is 0 Å². The van der Waals surface area contributed by atoms with Crippen molar-refractivity contribution >= 4 is 11.9 Å². The van der Waals surface area contributed by atoms with Crippen LogP contribution >= 0.6 is 0 Å². The third-order valence-electron chi connectivity index (χ3n) is 3.23. The molecule has 1 heterocycles. The van der Waals surface area contributed by atoms with Crippen molar-refractivity contribution in [1.29, 1.82) is 0 Å². The molecule has 1 unspecified atom stereocenters. The van der Waals surface area contributed by atoms with Gasteiger partial charge in [0, 0.05) is 38.8 Å². The molecule has 0 radical (unpaired) electrons. The molecule has 0 aromatic rings. The van der Waals surface area contributed by atoms with E-state index in [1.165, 1.54) is 0 Å². The number of nitrogens with zero attached hydrogens (tertiary/aromatic N) is 1. The summed E-state index contributed by atoms with van der Waals surface area (Å²) in [7, 11) is 0. The van der Waals surface area contributed by atoms with Crippen LogP contribution in [0.1, 0.15) is 26.7 Å². The monoisotopic (exact) mass is 314 g/mol. The molecule has 1 fully saturated rings. The second-order valence-electron chi connectivity index (χ2n) is 5.23. The third kappa shape index (κ3) is 8.84. The highest BCUT2D eigenvalue weighted by atomic mass is 16.5. The molecular weight excluding hydrogens is 284 g/mol. The minimum atomic E-state index is -0.0678. The Bertz CT molecular complexity index is 331. The summed E-state index contributed by atoms with van der Waals surface area (Å²) in [6.07, 6.45) is 2.01. The number of amides is 1. The number of carbonyl (C=O) groups is 1. The highest BCUT2D eigenvalue weighted by molar-refractivity contribution is 5.84. The van der Waals surface area contributed by atoms with Crippen LogP contribution in [0.5, 0.6) is 0 Å². The average molecular weight is 314 g/mol. The minimum Gasteiger partial charge on any atom is -0.381 e. The fraction of sp³-hybridized carbons (Fsp3) is 0.867. The van der Waals surface area contributed by atoms with Crippen LogP contribution in [0.2, 0.25) is 0 Å². The smallest absolute Gasteiger partial charge is 0.241 e. The highest BCUT2D eigenvalue weighted by Gasteiger charge is 2.15. The van der Waals surface area contributed by atoms with Crippen molar-refractivity contribution in [2.24, 2.45) is 10.9 Å². The quantitative estimate of drug-likeness (QED) is 0.303. The molecule has 0 aromatic carbocycles. The number of likely N-dealkylation sites (N-methyl/N-ethyl adjacent to an activating group) is 1. The molecule has 1 atom stereocenters. The topological polar surface area (TPSA) is 84.0 Å². The summed E-state index contributed by atoms with van der Waals surface area (Å²) in [6, 6.07) is 0. The van der Waals surface area contributed by atoms with Gasteiger partial charge in [0.1, 0.15) is 6.54 Å². The Morgan fingerprint density at radius 2 is 2.09 bits per heavy atom. The maximum absolute atomic E-state index is 11.4. The molecule has 22 heavy (non-hydrogen) atoms. The summed E-state index contributed by atoms with van der Waals surface area (Å²) in [5, 5.41) is 9.04. The first kappa shape index (κ1) is 18.7. The molecule has 7 nitrogen and oxygen atoms in total. The fourth-order valence-electron chi connectivity index (χ4n) is 2.09. The van der Waals surface area contributed by atoms with E-state index in [1.807, 2.05) is 13.8 Å². The van der Waals surface area contributed by atoms with E-state index in [1.54, 1.807) is 0 Å². The molecule has 1 rings (SSSR count). The fourth-order valence-corrected chi connectivity index (χ4v) is 2.09. The Balaban J connectivity index is 2.09. The lowest BCUT2D eigenvalue weighted by atomic mass is 10.1. The van der Waals surface area contributed by atoms with Crippen LogP contribution in [-0.4, -0.2) is 64.5 Å². The molecule has 128 valence electrons. The number of aliphatic imine (C=N–C) groups is 1. The van der Waals surface area contributed by atoms with Gasteiger partial charge < -0.3 is 25.4 Å². The summed E-state index contributed by atoms with van der Waals surface area (Å²) < 4.78 is 11.0. The van der Waals surface area contributed by atoms with Crippen LogP contribution in [0, 0.1) is 5.92 Å². The van der Waals surface area contributed by atoms with Gasteiger partial charge in [-0.2, -0.15) is 0 Å². The molecule has 7 heteroatoms. The maximum Gasteiger partial charge on any atom is 0.241 e. The lowest BCUT2D eigenvalue weighted by molar-refractivity contribution is -0.119. The molecule has 3 N–H and O–H groups in total. The zero-order chi connectivity index (χ0) is 16.0. The third-order valence-corrected chi connectivity index (χ3v) is 3.23. The summed E-state index contributed by atoms with van der Waals surface area (Å²) in [5.74, 6) is 1.16. The number of carbonyl (C=O) groups excluding carboxylic acids is 1. The van der Waals surface area contributed by atoms with E-state index in [-0.39, 0.29) is 12.5 Å². The molecule has 0 saturated carbocycles. The maximum atomic E-state index is 11.4. The van der Waals surface area contributed by atoms with Crippen LogP contribution in [-0.2, 0) is 14.3 Å².